The topological polar surface area (TPSA) is 43.1 Å². The molecule has 0 fully saturated rings. The number of Topliss-reactive ketones (excluding diaryl/α,β-unsaturated/α-hetero) is 1. The highest BCUT2D eigenvalue weighted by atomic mass is 79.9. The van der Waals surface area contributed by atoms with Crippen LogP contribution in [-0.4, -0.2) is 10.8 Å². The second-order valence-electron chi connectivity index (χ2n) is 2.95. The first-order chi connectivity index (χ1) is 6.72. The van der Waals surface area contributed by atoms with Crippen molar-refractivity contribution < 1.29 is 9.21 Å². The van der Waals surface area contributed by atoms with Gasteiger partial charge in [-0.25, -0.2) is 4.98 Å². The first kappa shape index (κ1) is 9.40. The zero-order valence-electron chi connectivity index (χ0n) is 7.58. The zero-order chi connectivity index (χ0) is 10.1. The summed E-state index contributed by atoms with van der Waals surface area (Å²) < 4.78 is 5.40. The fourth-order valence-electron chi connectivity index (χ4n) is 1.34. The second kappa shape index (κ2) is 3.53. The fraction of sp³-hybridized carbons (Fsp3) is 0.200. The van der Waals surface area contributed by atoms with E-state index in [1.165, 1.54) is 6.92 Å². The number of nitrogens with zero attached hydrogens (tertiary/aromatic N) is 1. The molecule has 2 rings (SSSR count). The number of hydrogen-bond donors (Lipinski definition) is 0. The molecule has 2 aromatic rings. The van der Waals surface area contributed by atoms with Gasteiger partial charge in [-0.1, -0.05) is 22.0 Å². The molecule has 14 heavy (non-hydrogen) atoms. The van der Waals surface area contributed by atoms with Gasteiger partial charge in [-0.3, -0.25) is 4.79 Å². The maximum Gasteiger partial charge on any atom is 0.206 e. The van der Waals surface area contributed by atoms with E-state index in [-0.39, 0.29) is 5.78 Å². The Morgan fingerprint density at radius 1 is 1.57 bits per heavy atom. The highest BCUT2D eigenvalue weighted by Gasteiger charge is 2.11. The number of hydrogen-bond acceptors (Lipinski definition) is 3. The Labute approximate surface area is 89.3 Å². The molecule has 0 spiro atoms. The Morgan fingerprint density at radius 2 is 2.36 bits per heavy atom. The molecule has 0 saturated heterocycles. The predicted molar refractivity (Wildman–Crippen MR) is 56.6 cm³/mol. The normalized spacial score (nSPS) is 10.7. The van der Waals surface area contributed by atoms with Gasteiger partial charge in [0.2, 0.25) is 5.89 Å². The van der Waals surface area contributed by atoms with Gasteiger partial charge in [-0.2, -0.15) is 0 Å². The molecule has 0 aliphatic heterocycles. The summed E-state index contributed by atoms with van der Waals surface area (Å²) in [6.07, 6.45) is 0. The lowest BCUT2D eigenvalue weighted by Gasteiger charge is -1.93. The summed E-state index contributed by atoms with van der Waals surface area (Å²) in [7, 11) is 0. The van der Waals surface area contributed by atoms with Crippen molar-refractivity contribution in [3.05, 3.63) is 29.7 Å². The minimum Gasteiger partial charge on any atom is -0.440 e. The molecule has 1 aromatic heterocycles. The largest absolute Gasteiger partial charge is 0.440 e. The summed E-state index contributed by atoms with van der Waals surface area (Å²) in [6.45, 7) is 1.53. The van der Waals surface area contributed by atoms with Gasteiger partial charge in [0.25, 0.3) is 0 Å². The highest BCUT2D eigenvalue weighted by Crippen LogP contribution is 2.20. The van der Waals surface area contributed by atoms with Crippen LogP contribution >= 0.6 is 15.9 Å². The van der Waals surface area contributed by atoms with Crippen LogP contribution in [0.5, 0.6) is 0 Å². The molecule has 0 bridgehead atoms. The Hall–Kier alpha value is -1.16. The van der Waals surface area contributed by atoms with E-state index in [0.717, 1.165) is 0 Å². The Kier molecular flexibility index (Phi) is 2.37. The smallest absolute Gasteiger partial charge is 0.206 e. The maximum absolute atomic E-state index is 11.3. The summed E-state index contributed by atoms with van der Waals surface area (Å²) in [4.78, 5) is 15.5. The van der Waals surface area contributed by atoms with Crippen LogP contribution in [0.1, 0.15) is 23.2 Å². The van der Waals surface area contributed by atoms with Crippen LogP contribution in [0.2, 0.25) is 0 Å². The van der Waals surface area contributed by atoms with E-state index < -0.39 is 0 Å². The molecule has 0 atom stereocenters. The molecular formula is C10H8BrNO2. The Balaban J connectivity index is 2.73. The number of carbonyl (C=O) groups is 1. The van der Waals surface area contributed by atoms with E-state index in [1.807, 2.05) is 0 Å². The number of alkyl halides is 1. The lowest BCUT2D eigenvalue weighted by Crippen LogP contribution is -1.92. The van der Waals surface area contributed by atoms with E-state index >= 15 is 0 Å². The van der Waals surface area contributed by atoms with Crippen LogP contribution in [-0.2, 0) is 5.33 Å². The SMILES string of the molecule is CC(=O)c1cccc2oc(CBr)nc12. The molecule has 0 aliphatic carbocycles. The number of aromatic nitrogens is 1. The molecule has 0 amide bonds. The van der Waals surface area contributed by atoms with Gasteiger partial charge >= 0.3 is 0 Å². The van der Waals surface area contributed by atoms with E-state index in [0.29, 0.717) is 27.9 Å². The van der Waals surface area contributed by atoms with Crippen LogP contribution in [0.3, 0.4) is 0 Å². The number of oxazole rings is 1. The average molecular weight is 254 g/mol. The van der Waals surface area contributed by atoms with Gasteiger partial charge in [-0.05, 0) is 19.1 Å². The number of carbonyl (C=O) groups excluding carboxylic acids is 1. The molecule has 1 heterocycles. The number of halogens is 1. The van der Waals surface area contributed by atoms with E-state index in [9.17, 15) is 4.79 Å². The Morgan fingerprint density at radius 3 is 3.00 bits per heavy atom. The predicted octanol–water partition coefficient (Wildman–Crippen LogP) is 2.93. The minimum atomic E-state index is 0.00465. The van der Waals surface area contributed by atoms with E-state index in [1.54, 1.807) is 18.2 Å². The molecule has 0 radical (unpaired) electrons. The van der Waals surface area contributed by atoms with Crippen molar-refractivity contribution >= 4 is 32.8 Å². The third-order valence-corrected chi connectivity index (χ3v) is 2.44. The van der Waals surface area contributed by atoms with Crippen LogP contribution in [0.25, 0.3) is 11.1 Å². The number of rotatable bonds is 2. The van der Waals surface area contributed by atoms with Gasteiger partial charge in [0.1, 0.15) is 5.52 Å². The number of benzene rings is 1. The van der Waals surface area contributed by atoms with Crippen molar-refractivity contribution in [3.63, 3.8) is 0 Å². The van der Waals surface area contributed by atoms with Gasteiger partial charge in [-0.15, -0.1) is 0 Å². The molecule has 1 aromatic carbocycles. The van der Waals surface area contributed by atoms with Crippen molar-refractivity contribution in [2.45, 2.75) is 12.3 Å². The van der Waals surface area contributed by atoms with Crippen molar-refractivity contribution in [3.8, 4) is 0 Å². The lowest BCUT2D eigenvalue weighted by atomic mass is 10.1. The summed E-state index contributed by atoms with van der Waals surface area (Å²) in [5.41, 5.74) is 1.92. The van der Waals surface area contributed by atoms with Crippen molar-refractivity contribution in [1.29, 1.82) is 0 Å². The first-order valence-corrected chi connectivity index (χ1v) is 5.30. The highest BCUT2D eigenvalue weighted by molar-refractivity contribution is 9.08. The summed E-state index contributed by atoms with van der Waals surface area (Å²) in [5, 5.41) is 0.555. The van der Waals surface area contributed by atoms with Gasteiger partial charge in [0.05, 0.1) is 5.33 Å². The van der Waals surface area contributed by atoms with Gasteiger partial charge in [0.15, 0.2) is 11.4 Å². The Bertz CT molecular complexity index is 490. The van der Waals surface area contributed by atoms with E-state index in [4.69, 9.17) is 4.42 Å². The average Bonchev–Trinajstić information content (AvgIpc) is 2.59. The quantitative estimate of drug-likeness (QED) is 0.611. The van der Waals surface area contributed by atoms with Crippen LogP contribution in [0, 0.1) is 0 Å². The number of ketones is 1. The second-order valence-corrected chi connectivity index (χ2v) is 3.51. The maximum atomic E-state index is 11.3. The van der Waals surface area contributed by atoms with Crippen LogP contribution in [0.4, 0.5) is 0 Å². The molecule has 3 nitrogen and oxygen atoms in total. The third-order valence-electron chi connectivity index (χ3n) is 1.96. The first-order valence-electron chi connectivity index (χ1n) is 4.17. The molecule has 4 heteroatoms. The summed E-state index contributed by atoms with van der Waals surface area (Å²) in [5.74, 6) is 0.596. The minimum absolute atomic E-state index is 0.00465. The zero-order valence-corrected chi connectivity index (χ0v) is 9.17. The van der Waals surface area contributed by atoms with Gasteiger partial charge in [0, 0.05) is 5.56 Å². The number of para-hydroxylation sites is 1. The molecular weight excluding hydrogens is 246 g/mol. The molecule has 0 N–H and O–H groups in total. The van der Waals surface area contributed by atoms with Crippen molar-refractivity contribution in [2.75, 3.05) is 0 Å². The molecule has 72 valence electrons. The van der Waals surface area contributed by atoms with Crippen molar-refractivity contribution in [1.82, 2.24) is 4.98 Å². The number of fused-ring (bicyclic) bond motifs is 1. The standard InChI is InChI=1S/C10H8BrNO2/c1-6(13)7-3-2-4-8-10(7)12-9(5-11)14-8/h2-4H,5H2,1H3. The summed E-state index contributed by atoms with van der Waals surface area (Å²) in [6, 6.07) is 5.36. The fourth-order valence-corrected chi connectivity index (χ4v) is 1.58. The molecule has 0 aliphatic rings. The van der Waals surface area contributed by atoms with Crippen LogP contribution < -0.4 is 0 Å². The monoisotopic (exact) mass is 253 g/mol. The molecule has 0 unspecified atom stereocenters. The molecule has 0 saturated carbocycles. The van der Waals surface area contributed by atoms with E-state index in [2.05, 4.69) is 20.9 Å². The van der Waals surface area contributed by atoms with Crippen LogP contribution in [0.15, 0.2) is 22.6 Å². The summed E-state index contributed by atoms with van der Waals surface area (Å²) >= 11 is 3.26. The third kappa shape index (κ3) is 1.46. The lowest BCUT2D eigenvalue weighted by molar-refractivity contribution is 0.101. The van der Waals surface area contributed by atoms with Gasteiger partial charge < -0.3 is 4.42 Å². The van der Waals surface area contributed by atoms with Crippen molar-refractivity contribution in [2.24, 2.45) is 0 Å².